The maximum absolute atomic E-state index is 12.6. The molecule has 1 aliphatic rings. The Balaban J connectivity index is 2.56. The minimum absolute atomic E-state index is 0.346. The van der Waals surface area contributed by atoms with Crippen LogP contribution in [0.25, 0.3) is 0 Å². The van der Waals surface area contributed by atoms with Crippen LogP contribution in [0.15, 0.2) is 0 Å². The molecule has 0 aromatic carbocycles. The van der Waals surface area contributed by atoms with Crippen LogP contribution in [0, 0.1) is 17.2 Å². The molecule has 0 heterocycles. The monoisotopic (exact) mass is 145 g/mol. The lowest BCUT2D eigenvalue weighted by atomic mass is 9.87. The maximum atomic E-state index is 12.6. The van der Waals surface area contributed by atoms with Crippen LogP contribution in [0.5, 0.6) is 0 Å². The van der Waals surface area contributed by atoms with E-state index < -0.39 is 18.3 Å². The van der Waals surface area contributed by atoms with Crippen molar-refractivity contribution in [1.29, 1.82) is 5.26 Å². The van der Waals surface area contributed by atoms with E-state index in [0.717, 1.165) is 0 Å². The summed E-state index contributed by atoms with van der Waals surface area (Å²) in [5.41, 5.74) is 0. The topological polar surface area (TPSA) is 23.8 Å². The Labute approximate surface area is 58.6 Å². The molecule has 10 heavy (non-hydrogen) atoms. The summed E-state index contributed by atoms with van der Waals surface area (Å²) in [5, 5.41) is 8.30. The van der Waals surface area contributed by atoms with Gasteiger partial charge < -0.3 is 0 Å². The van der Waals surface area contributed by atoms with Gasteiger partial charge in [0.25, 0.3) is 0 Å². The van der Waals surface area contributed by atoms with Gasteiger partial charge >= 0.3 is 0 Å². The van der Waals surface area contributed by atoms with Gasteiger partial charge in [0.2, 0.25) is 0 Å². The van der Waals surface area contributed by atoms with Crippen molar-refractivity contribution in [3.63, 3.8) is 0 Å². The predicted molar refractivity (Wildman–Crippen MR) is 32.7 cm³/mol. The molecule has 0 saturated heterocycles. The van der Waals surface area contributed by atoms with E-state index in [1.54, 1.807) is 6.07 Å². The number of halogens is 2. The molecule has 1 nitrogen and oxygen atoms in total. The van der Waals surface area contributed by atoms with Gasteiger partial charge in [0.1, 0.15) is 18.3 Å². The van der Waals surface area contributed by atoms with E-state index in [1.807, 2.05) is 0 Å². The average molecular weight is 145 g/mol. The summed E-state index contributed by atoms with van der Waals surface area (Å²) in [7, 11) is 0. The summed E-state index contributed by atoms with van der Waals surface area (Å²) >= 11 is 0. The lowest BCUT2D eigenvalue weighted by Crippen LogP contribution is -2.29. The quantitative estimate of drug-likeness (QED) is 0.511. The molecule has 2 atom stereocenters. The van der Waals surface area contributed by atoms with Gasteiger partial charge in [-0.3, -0.25) is 0 Å². The van der Waals surface area contributed by atoms with Crippen LogP contribution in [0.2, 0.25) is 0 Å². The van der Waals surface area contributed by atoms with Crippen molar-refractivity contribution in [3.05, 3.63) is 0 Å². The van der Waals surface area contributed by atoms with Crippen LogP contribution >= 0.6 is 0 Å². The smallest absolute Gasteiger partial charge is 0.119 e. The molecule has 1 saturated carbocycles. The Morgan fingerprint density at radius 1 is 1.20 bits per heavy atom. The molecule has 0 aromatic rings. The maximum Gasteiger partial charge on any atom is 0.119 e. The van der Waals surface area contributed by atoms with Crippen LogP contribution in [0.3, 0.4) is 0 Å². The predicted octanol–water partition coefficient (Wildman–Crippen LogP) is 1.99. The molecule has 0 aromatic heterocycles. The van der Waals surface area contributed by atoms with Gasteiger partial charge in [-0.05, 0) is 19.3 Å². The molecule has 0 radical (unpaired) electrons. The van der Waals surface area contributed by atoms with Gasteiger partial charge in [-0.25, -0.2) is 8.78 Å². The van der Waals surface area contributed by atoms with E-state index >= 15 is 0 Å². The first-order chi connectivity index (χ1) is 4.75. The summed E-state index contributed by atoms with van der Waals surface area (Å²) in [5.74, 6) is -1.01. The SMILES string of the molecule is N#CC1C(F)CCCC1F. The highest BCUT2D eigenvalue weighted by Crippen LogP contribution is 2.28. The van der Waals surface area contributed by atoms with E-state index in [1.165, 1.54) is 0 Å². The Kier molecular flexibility index (Phi) is 2.21. The normalized spacial score (nSPS) is 40.7. The van der Waals surface area contributed by atoms with Gasteiger partial charge in [0.15, 0.2) is 0 Å². The highest BCUT2D eigenvalue weighted by molar-refractivity contribution is 4.96. The van der Waals surface area contributed by atoms with Gasteiger partial charge in [-0.1, -0.05) is 0 Å². The van der Waals surface area contributed by atoms with Gasteiger partial charge in [-0.2, -0.15) is 5.26 Å². The molecule has 0 aliphatic heterocycles. The van der Waals surface area contributed by atoms with Crippen molar-refractivity contribution >= 4 is 0 Å². The largest absolute Gasteiger partial charge is 0.246 e. The van der Waals surface area contributed by atoms with E-state index in [0.29, 0.717) is 19.3 Å². The summed E-state index contributed by atoms with van der Waals surface area (Å²) in [4.78, 5) is 0. The van der Waals surface area contributed by atoms with Crippen molar-refractivity contribution in [2.45, 2.75) is 31.6 Å². The molecule has 1 aliphatic carbocycles. The molecular weight excluding hydrogens is 136 g/mol. The number of rotatable bonds is 0. The third-order valence-corrected chi connectivity index (χ3v) is 1.89. The average Bonchev–Trinajstić information content (AvgIpc) is 1.88. The summed E-state index contributed by atoms with van der Waals surface area (Å²) in [6, 6.07) is 1.65. The fourth-order valence-corrected chi connectivity index (χ4v) is 1.26. The van der Waals surface area contributed by atoms with Crippen LogP contribution in [-0.4, -0.2) is 12.3 Å². The van der Waals surface area contributed by atoms with Gasteiger partial charge in [-0.15, -0.1) is 0 Å². The molecule has 56 valence electrons. The zero-order valence-electron chi connectivity index (χ0n) is 5.56. The molecule has 1 fully saturated rings. The van der Waals surface area contributed by atoms with Gasteiger partial charge in [0.05, 0.1) is 6.07 Å². The highest BCUT2D eigenvalue weighted by atomic mass is 19.1. The van der Waals surface area contributed by atoms with Crippen molar-refractivity contribution in [2.24, 2.45) is 5.92 Å². The number of nitrogens with zero attached hydrogens (tertiary/aromatic N) is 1. The Bertz CT molecular complexity index is 142. The first kappa shape index (κ1) is 7.46. The van der Waals surface area contributed by atoms with Crippen LogP contribution in [0.4, 0.5) is 8.78 Å². The Hall–Kier alpha value is -0.650. The van der Waals surface area contributed by atoms with Crippen molar-refractivity contribution in [1.82, 2.24) is 0 Å². The van der Waals surface area contributed by atoms with Gasteiger partial charge in [0, 0.05) is 0 Å². The number of hydrogen-bond acceptors (Lipinski definition) is 1. The lowest BCUT2D eigenvalue weighted by Gasteiger charge is -2.23. The fraction of sp³-hybridized carbons (Fsp3) is 0.857. The summed E-state index contributed by atoms with van der Waals surface area (Å²) < 4.78 is 25.3. The van der Waals surface area contributed by atoms with E-state index in [4.69, 9.17) is 5.26 Å². The molecule has 0 amide bonds. The van der Waals surface area contributed by atoms with Crippen LogP contribution < -0.4 is 0 Å². The zero-order valence-corrected chi connectivity index (χ0v) is 5.56. The molecule has 2 unspecified atom stereocenters. The van der Waals surface area contributed by atoms with Crippen molar-refractivity contribution in [2.75, 3.05) is 0 Å². The number of alkyl halides is 2. The second kappa shape index (κ2) is 2.96. The summed E-state index contributed by atoms with van der Waals surface area (Å²) in [6.45, 7) is 0. The molecule has 3 heteroatoms. The minimum Gasteiger partial charge on any atom is -0.246 e. The fourth-order valence-electron chi connectivity index (χ4n) is 1.26. The van der Waals surface area contributed by atoms with E-state index in [9.17, 15) is 8.78 Å². The van der Waals surface area contributed by atoms with E-state index in [2.05, 4.69) is 0 Å². The molecule has 0 N–H and O–H groups in total. The summed E-state index contributed by atoms with van der Waals surface area (Å²) in [6.07, 6.45) is -1.22. The molecule has 0 bridgehead atoms. The lowest BCUT2D eigenvalue weighted by molar-refractivity contribution is 0.111. The second-order valence-electron chi connectivity index (χ2n) is 2.62. The Morgan fingerprint density at radius 2 is 1.70 bits per heavy atom. The van der Waals surface area contributed by atoms with E-state index in [-0.39, 0.29) is 0 Å². The van der Waals surface area contributed by atoms with Crippen LogP contribution in [0.1, 0.15) is 19.3 Å². The van der Waals surface area contributed by atoms with Crippen molar-refractivity contribution < 1.29 is 8.78 Å². The number of hydrogen-bond donors (Lipinski definition) is 0. The zero-order chi connectivity index (χ0) is 7.56. The first-order valence-electron chi connectivity index (χ1n) is 3.43. The highest BCUT2D eigenvalue weighted by Gasteiger charge is 2.33. The third-order valence-electron chi connectivity index (χ3n) is 1.89. The standard InChI is InChI=1S/C7H9F2N/c8-6-2-1-3-7(9)5(6)4-10/h5-7H,1-3H2. The first-order valence-corrected chi connectivity index (χ1v) is 3.43. The minimum atomic E-state index is -1.24. The Morgan fingerprint density at radius 3 is 2.00 bits per heavy atom. The van der Waals surface area contributed by atoms with Crippen molar-refractivity contribution in [3.8, 4) is 6.07 Å². The second-order valence-corrected chi connectivity index (χ2v) is 2.62. The third kappa shape index (κ3) is 1.26. The van der Waals surface area contributed by atoms with Crippen LogP contribution in [-0.2, 0) is 0 Å². The molecular formula is C7H9F2N. The molecule has 1 rings (SSSR count). The number of nitriles is 1. The molecule has 0 spiro atoms.